The molecule has 1 saturated carbocycles. The van der Waals surface area contributed by atoms with Crippen LogP contribution >= 0.6 is 0 Å². The van der Waals surface area contributed by atoms with E-state index >= 15 is 0 Å². The van der Waals surface area contributed by atoms with Crippen molar-refractivity contribution in [3.8, 4) is 0 Å². The van der Waals surface area contributed by atoms with Crippen molar-refractivity contribution >= 4 is 28.5 Å². The molecule has 2 atom stereocenters. The van der Waals surface area contributed by atoms with Gasteiger partial charge in [-0.3, -0.25) is 0 Å². The molecule has 0 heterocycles. The summed E-state index contributed by atoms with van der Waals surface area (Å²) in [6, 6.07) is 0. The van der Waals surface area contributed by atoms with Gasteiger partial charge in [-0.2, -0.15) is 0 Å². The third-order valence-corrected chi connectivity index (χ3v) is 12.7. The molecule has 0 aromatic carbocycles. The van der Waals surface area contributed by atoms with E-state index in [1.54, 1.807) is 0 Å². The number of hydrogen-bond donors (Lipinski definition) is 0. The van der Waals surface area contributed by atoms with Crippen molar-refractivity contribution in [3.63, 3.8) is 0 Å². The Morgan fingerprint density at radius 2 is 1.71 bits per heavy atom. The number of hydrogen-bond acceptors (Lipinski definition) is 3. The molecule has 0 amide bonds. The monoisotopic (exact) mass is 371 g/mol. The molecular weight excluding hydrogens is 343 g/mol. The SMILES string of the molecule is [2H][C@]1(OS(C)(=O)=O)CCCC[C@H]([Sn]([CH3])([CH3])[CH3])CC1. The van der Waals surface area contributed by atoms with Crippen LogP contribution in [-0.4, -0.2) is 39.1 Å². The van der Waals surface area contributed by atoms with Gasteiger partial charge in [-0.15, -0.1) is 0 Å². The zero-order chi connectivity index (χ0) is 14.0. The third kappa shape index (κ3) is 6.43. The van der Waals surface area contributed by atoms with E-state index in [1.807, 2.05) is 0 Å². The molecule has 0 bridgehead atoms. The zero-order valence-electron chi connectivity index (χ0n) is 12.5. The van der Waals surface area contributed by atoms with Crippen molar-refractivity contribution in [3.05, 3.63) is 0 Å². The first-order valence-corrected chi connectivity index (χ1v) is 18.5. The molecule has 0 saturated heterocycles. The van der Waals surface area contributed by atoms with Gasteiger partial charge in [-0.25, -0.2) is 0 Å². The molecule has 0 radical (unpaired) electrons. The summed E-state index contributed by atoms with van der Waals surface area (Å²) in [6.45, 7) is 0. The van der Waals surface area contributed by atoms with Crippen LogP contribution in [0.5, 0.6) is 0 Å². The predicted octanol–water partition coefficient (Wildman–Crippen LogP) is 3.39. The topological polar surface area (TPSA) is 43.4 Å². The van der Waals surface area contributed by atoms with Gasteiger partial charge in [0.15, 0.2) is 0 Å². The third-order valence-electron chi connectivity index (χ3n) is 3.52. The molecule has 102 valence electrons. The van der Waals surface area contributed by atoms with Gasteiger partial charge in [0.25, 0.3) is 0 Å². The van der Waals surface area contributed by atoms with E-state index in [9.17, 15) is 8.42 Å². The van der Waals surface area contributed by atoms with Crippen molar-refractivity contribution < 1.29 is 14.0 Å². The zero-order valence-corrected chi connectivity index (χ0v) is 15.1. The summed E-state index contributed by atoms with van der Waals surface area (Å²) in [5.74, 6) is 0. The van der Waals surface area contributed by atoms with Gasteiger partial charge in [0.05, 0.1) is 0 Å². The van der Waals surface area contributed by atoms with Gasteiger partial charge < -0.3 is 0 Å². The Labute approximate surface area is 112 Å². The van der Waals surface area contributed by atoms with Crippen LogP contribution in [0.2, 0.25) is 18.8 Å². The van der Waals surface area contributed by atoms with E-state index in [2.05, 4.69) is 14.8 Å². The molecule has 0 N–H and O–H groups in total. The summed E-state index contributed by atoms with van der Waals surface area (Å²) < 4.78 is 36.5. The van der Waals surface area contributed by atoms with Crippen LogP contribution in [0.15, 0.2) is 0 Å². The Hall–Kier alpha value is 0.709. The molecule has 17 heavy (non-hydrogen) atoms. The van der Waals surface area contributed by atoms with E-state index in [0.717, 1.165) is 29.5 Å². The van der Waals surface area contributed by atoms with Crippen molar-refractivity contribution in [2.24, 2.45) is 0 Å². The van der Waals surface area contributed by atoms with E-state index in [4.69, 9.17) is 5.55 Å². The van der Waals surface area contributed by atoms with Crippen LogP contribution < -0.4 is 0 Å². The summed E-state index contributed by atoms with van der Waals surface area (Å²) in [5, 5.41) is 0. The van der Waals surface area contributed by atoms with Gasteiger partial charge in [-0.1, -0.05) is 0 Å². The quantitative estimate of drug-likeness (QED) is 0.565. The predicted molar refractivity (Wildman–Crippen MR) is 74.5 cm³/mol. The molecule has 0 aliphatic heterocycles. The molecule has 1 aliphatic carbocycles. The van der Waals surface area contributed by atoms with Crippen LogP contribution in [-0.2, 0) is 14.3 Å². The normalized spacial score (nSPS) is 33.6. The van der Waals surface area contributed by atoms with E-state index in [0.29, 0.717) is 12.8 Å². The Morgan fingerprint density at radius 3 is 2.24 bits per heavy atom. The van der Waals surface area contributed by atoms with Gasteiger partial charge in [0.2, 0.25) is 0 Å². The first kappa shape index (κ1) is 14.1. The molecule has 5 heteroatoms. The van der Waals surface area contributed by atoms with Crippen molar-refractivity contribution in [2.45, 2.75) is 63.4 Å². The first-order valence-electron chi connectivity index (χ1n) is 6.92. The fraction of sp³-hybridized carbons (Fsp3) is 1.00. The molecule has 0 aromatic rings. The van der Waals surface area contributed by atoms with Crippen molar-refractivity contribution in [1.29, 1.82) is 0 Å². The molecule has 1 aliphatic rings. The van der Waals surface area contributed by atoms with E-state index < -0.39 is 34.6 Å². The molecule has 0 unspecified atom stereocenters. The number of rotatable bonds is 3. The Balaban J connectivity index is 2.74. The van der Waals surface area contributed by atoms with Crippen LogP contribution in [0.25, 0.3) is 0 Å². The summed E-state index contributed by atoms with van der Waals surface area (Å²) in [6.07, 6.45) is 5.13. The van der Waals surface area contributed by atoms with Gasteiger partial charge >= 0.3 is 112 Å². The molecular formula is C12H26O3SSn. The summed E-state index contributed by atoms with van der Waals surface area (Å²) >= 11 is -1.95. The minimum absolute atomic E-state index is 0.534. The Morgan fingerprint density at radius 1 is 1.12 bits per heavy atom. The maximum atomic E-state index is 11.3. The average molecular weight is 370 g/mol. The summed E-state index contributed by atoms with van der Waals surface area (Å²) in [4.78, 5) is 7.26. The second-order valence-corrected chi connectivity index (χ2v) is 23.6. The minimum atomic E-state index is -3.53. The van der Waals surface area contributed by atoms with Crippen LogP contribution in [0, 0.1) is 0 Å². The van der Waals surface area contributed by atoms with E-state index in [-0.39, 0.29) is 0 Å². The van der Waals surface area contributed by atoms with Gasteiger partial charge in [0.1, 0.15) is 0 Å². The van der Waals surface area contributed by atoms with Gasteiger partial charge in [0, 0.05) is 0 Å². The molecule has 0 spiro atoms. The second kappa shape index (κ2) is 6.24. The molecule has 1 fully saturated rings. The van der Waals surface area contributed by atoms with Crippen LogP contribution in [0.1, 0.15) is 39.9 Å². The summed E-state index contributed by atoms with van der Waals surface area (Å²) in [5.41, 5.74) is 0. The second-order valence-electron chi connectivity index (χ2n) is 6.17. The summed E-state index contributed by atoms with van der Waals surface area (Å²) in [7, 11) is -3.53. The van der Waals surface area contributed by atoms with Crippen molar-refractivity contribution in [1.82, 2.24) is 0 Å². The molecule has 3 nitrogen and oxygen atoms in total. The van der Waals surface area contributed by atoms with E-state index in [1.165, 1.54) is 6.42 Å². The molecule has 1 rings (SSSR count). The fourth-order valence-electron chi connectivity index (χ4n) is 2.48. The van der Waals surface area contributed by atoms with Gasteiger partial charge in [-0.05, 0) is 0 Å². The standard InChI is InChI=1S/C9H17O3S.3CH3.Sn/c1-13(10,11)12-9-7-5-3-2-4-6-8-9;;;;/h3,9H,2,4-8H2,1H3;3*1H3;/t9-;;;;/m1..../s1/i9D;;;;. The van der Waals surface area contributed by atoms with Crippen molar-refractivity contribution in [2.75, 3.05) is 6.26 Å². The molecule has 0 aromatic heterocycles. The van der Waals surface area contributed by atoms with Crippen LogP contribution in [0.3, 0.4) is 0 Å². The first-order chi connectivity index (χ1) is 8.02. The average Bonchev–Trinajstić information content (AvgIpc) is 2.07. The maximum absolute atomic E-state index is 11.3. The Kier molecular flexibility index (Phi) is 5.18. The fourth-order valence-corrected chi connectivity index (χ4v) is 9.01. The van der Waals surface area contributed by atoms with Crippen LogP contribution in [0.4, 0.5) is 0 Å². The Bertz CT molecular complexity index is 377.